The summed E-state index contributed by atoms with van der Waals surface area (Å²) < 4.78 is 34.5. The number of carbonyl (C=O) groups is 1. The molecule has 3 fully saturated rings. The summed E-state index contributed by atoms with van der Waals surface area (Å²) in [5, 5.41) is 121. The normalized spacial score (nSPS) is 26.2. The van der Waals surface area contributed by atoms with Crippen molar-refractivity contribution in [3.8, 4) is 0 Å². The van der Waals surface area contributed by atoms with Gasteiger partial charge in [0.25, 0.3) is 0 Å². The first-order chi connectivity index (χ1) is 51.3. The van der Waals surface area contributed by atoms with E-state index in [0.29, 0.717) is 12.8 Å². The maximum Gasteiger partial charge on any atom is 0.220 e. The van der Waals surface area contributed by atoms with E-state index in [9.17, 15) is 61.0 Å². The Morgan fingerprint density at radius 3 is 1.07 bits per heavy atom. The third-order valence-corrected chi connectivity index (χ3v) is 20.7. The molecule has 0 aliphatic carbocycles. The van der Waals surface area contributed by atoms with Gasteiger partial charge in [-0.2, -0.15) is 0 Å². The second-order valence-electron chi connectivity index (χ2n) is 29.9. The summed E-state index contributed by atoms with van der Waals surface area (Å²) in [7, 11) is 0. The molecule has 0 saturated carbocycles. The Labute approximate surface area is 635 Å². The van der Waals surface area contributed by atoms with E-state index >= 15 is 0 Å². The number of carbonyl (C=O) groups excluding carboxylic acids is 1. The molecule has 3 aliphatic heterocycles. The molecule has 3 rings (SSSR count). The molecule has 19 nitrogen and oxygen atoms in total. The Hall–Kier alpha value is -3.03. The van der Waals surface area contributed by atoms with Crippen molar-refractivity contribution in [1.29, 1.82) is 0 Å². The molecule has 3 saturated heterocycles. The summed E-state index contributed by atoms with van der Waals surface area (Å²) in [6.07, 6.45) is 61.5. The van der Waals surface area contributed by atoms with Crippen LogP contribution in [-0.4, -0.2) is 193 Å². The largest absolute Gasteiger partial charge is 0.394 e. The smallest absolute Gasteiger partial charge is 0.220 e. The van der Waals surface area contributed by atoms with Crippen LogP contribution in [-0.2, 0) is 33.2 Å². The lowest BCUT2D eigenvalue weighted by Crippen LogP contribution is -2.66. The van der Waals surface area contributed by atoms with Crippen LogP contribution in [0.25, 0.3) is 0 Å². The van der Waals surface area contributed by atoms with E-state index in [4.69, 9.17) is 28.4 Å². The molecule has 19 heteroatoms. The number of hydrogen-bond donors (Lipinski definition) is 12. The van der Waals surface area contributed by atoms with Crippen molar-refractivity contribution in [2.75, 3.05) is 26.4 Å². The van der Waals surface area contributed by atoms with Gasteiger partial charge in [0.1, 0.15) is 73.2 Å². The first kappa shape index (κ1) is 96.2. The van der Waals surface area contributed by atoms with Gasteiger partial charge in [0.2, 0.25) is 5.91 Å². The number of aliphatic hydroxyl groups excluding tert-OH is 11. The number of ether oxygens (including phenoxy) is 6. The molecule has 610 valence electrons. The summed E-state index contributed by atoms with van der Waals surface area (Å²) >= 11 is 0. The van der Waals surface area contributed by atoms with Gasteiger partial charge < -0.3 is 89.9 Å². The minimum atomic E-state index is -1.98. The highest BCUT2D eigenvalue weighted by Gasteiger charge is 2.54. The maximum absolute atomic E-state index is 13.5. The van der Waals surface area contributed by atoms with Gasteiger partial charge in [0.05, 0.1) is 38.6 Å². The Morgan fingerprint density at radius 2 is 0.667 bits per heavy atom. The summed E-state index contributed by atoms with van der Waals surface area (Å²) in [5.41, 5.74) is 0. The van der Waals surface area contributed by atoms with Crippen LogP contribution < -0.4 is 5.32 Å². The van der Waals surface area contributed by atoms with E-state index in [2.05, 4.69) is 92.1 Å². The molecule has 0 aromatic carbocycles. The Bertz CT molecular complexity index is 2230. The van der Waals surface area contributed by atoms with Crippen molar-refractivity contribution in [3.63, 3.8) is 0 Å². The number of allylic oxidation sites excluding steroid dienone is 13. The summed E-state index contributed by atoms with van der Waals surface area (Å²) in [4.78, 5) is 13.5. The molecule has 17 atom stereocenters. The highest BCUT2D eigenvalue weighted by Crippen LogP contribution is 2.33. The van der Waals surface area contributed by atoms with Gasteiger partial charge in [-0.05, 0) is 77.0 Å². The number of nitrogens with one attached hydrogen (secondary N) is 1. The van der Waals surface area contributed by atoms with Crippen LogP contribution in [0.4, 0.5) is 0 Å². The van der Waals surface area contributed by atoms with Crippen LogP contribution >= 0.6 is 0 Å². The zero-order valence-electron chi connectivity index (χ0n) is 65.4. The highest BCUT2D eigenvalue weighted by atomic mass is 16.8. The molecular formula is C86H153NO18. The monoisotopic (exact) mass is 1490 g/mol. The molecule has 0 aromatic heterocycles. The van der Waals surface area contributed by atoms with Gasteiger partial charge >= 0.3 is 0 Å². The van der Waals surface area contributed by atoms with E-state index in [1.807, 2.05) is 6.08 Å². The van der Waals surface area contributed by atoms with Crippen molar-refractivity contribution in [1.82, 2.24) is 5.32 Å². The van der Waals surface area contributed by atoms with Crippen molar-refractivity contribution in [2.24, 2.45) is 0 Å². The van der Waals surface area contributed by atoms with Crippen molar-refractivity contribution < 1.29 is 89.4 Å². The predicted molar refractivity (Wildman–Crippen MR) is 420 cm³/mol. The Kier molecular flexibility index (Phi) is 60.1. The molecule has 12 N–H and O–H groups in total. The standard InChI is InChI=1S/C86H153NO18/c1-3-5-7-9-11-13-15-17-19-21-23-25-27-28-29-30-31-32-33-34-35-36-37-38-39-40-42-44-46-48-50-52-54-56-58-60-62-64-74(92)87-69(70(91)63-61-59-57-55-53-51-49-47-45-43-41-26-24-22-20-18-16-14-12-10-8-6-4-2)68-100-84-80(98)77(95)82(72(66-89)102-84)105-86-81(99)78(96)83(73(67-90)103-86)104-85-79(97)76(94)75(93)71(65-88)101-85/h5,7,11,13,17,19,23,25,28-29,53,55,61,63,69-73,75-86,88-91,93-99H,3-4,6,8-10,12,14-16,18,20-22,24,26-27,30-52,54,56-60,62,64-68H2,1-2H3,(H,87,92)/b7-5-,13-11-,19-17-,25-23-,29-28-,55-53+,63-61+. The van der Waals surface area contributed by atoms with Crippen molar-refractivity contribution >= 4 is 5.91 Å². The molecule has 3 heterocycles. The van der Waals surface area contributed by atoms with E-state index in [-0.39, 0.29) is 18.9 Å². The molecule has 17 unspecified atom stereocenters. The van der Waals surface area contributed by atoms with E-state index < -0.39 is 124 Å². The minimum Gasteiger partial charge on any atom is -0.394 e. The van der Waals surface area contributed by atoms with Gasteiger partial charge in [-0.1, -0.05) is 324 Å². The highest BCUT2D eigenvalue weighted by molar-refractivity contribution is 5.76. The third-order valence-electron chi connectivity index (χ3n) is 20.7. The van der Waals surface area contributed by atoms with Crippen LogP contribution in [0, 0.1) is 0 Å². The molecule has 3 aliphatic rings. The van der Waals surface area contributed by atoms with E-state index in [0.717, 1.165) is 70.6 Å². The molecule has 0 aromatic rings. The predicted octanol–water partition coefficient (Wildman–Crippen LogP) is 15.0. The molecule has 0 spiro atoms. The van der Waals surface area contributed by atoms with Crippen LogP contribution in [0.1, 0.15) is 322 Å². The lowest BCUT2D eigenvalue weighted by molar-refractivity contribution is -0.379. The Morgan fingerprint density at radius 1 is 0.352 bits per heavy atom. The third kappa shape index (κ3) is 45.2. The first-order valence-electron chi connectivity index (χ1n) is 42.3. The lowest BCUT2D eigenvalue weighted by Gasteiger charge is -2.48. The average molecular weight is 1490 g/mol. The number of amides is 1. The maximum atomic E-state index is 13.5. The zero-order valence-corrected chi connectivity index (χ0v) is 65.4. The molecule has 0 bridgehead atoms. The second kappa shape index (κ2) is 65.7. The van der Waals surface area contributed by atoms with E-state index in [1.54, 1.807) is 6.08 Å². The SMILES string of the molecule is CC/C=C\C/C=C\C/C=C\C/C=C\C/C=C\CCCCCCCCCCCCCCCCCCCCCCCC(=O)NC(COC1OC(CO)C(OC2OC(CO)C(OC3OC(CO)C(O)C(O)C3O)C(O)C2O)C(O)C1O)C(O)/C=C/CC/C=C/CCCCCCCCCCCCCCCCCCC. The molecule has 105 heavy (non-hydrogen) atoms. The average Bonchev–Trinajstić information content (AvgIpc) is 0.779. The van der Waals surface area contributed by atoms with Gasteiger partial charge in [-0.3, -0.25) is 4.79 Å². The van der Waals surface area contributed by atoms with Gasteiger partial charge in [-0.25, -0.2) is 0 Å². The fraction of sp³-hybridized carbons (Fsp3) is 0.826. The summed E-state index contributed by atoms with van der Waals surface area (Å²) in [6, 6.07) is -0.993. The fourth-order valence-corrected chi connectivity index (χ4v) is 13.9. The lowest BCUT2D eigenvalue weighted by atomic mass is 9.96. The second-order valence-corrected chi connectivity index (χ2v) is 29.9. The minimum absolute atomic E-state index is 0.236. The molecular weight excluding hydrogens is 1330 g/mol. The van der Waals surface area contributed by atoms with Crippen LogP contribution in [0.2, 0.25) is 0 Å². The quantitative estimate of drug-likeness (QED) is 0.0199. The van der Waals surface area contributed by atoms with Crippen molar-refractivity contribution in [2.45, 2.75) is 426 Å². The van der Waals surface area contributed by atoms with Crippen LogP contribution in [0.3, 0.4) is 0 Å². The number of hydrogen-bond acceptors (Lipinski definition) is 18. The van der Waals surface area contributed by atoms with E-state index in [1.165, 1.54) is 218 Å². The van der Waals surface area contributed by atoms with Crippen molar-refractivity contribution in [3.05, 3.63) is 85.1 Å². The van der Waals surface area contributed by atoms with Gasteiger partial charge in [-0.15, -0.1) is 0 Å². The summed E-state index contributed by atoms with van der Waals surface area (Å²) in [5.74, 6) is -0.282. The number of rotatable bonds is 67. The molecule has 0 radical (unpaired) electrons. The Balaban J connectivity index is 1.34. The fourth-order valence-electron chi connectivity index (χ4n) is 13.9. The topological polar surface area (TPSA) is 307 Å². The first-order valence-corrected chi connectivity index (χ1v) is 42.3. The molecule has 1 amide bonds. The zero-order chi connectivity index (χ0) is 76.0. The number of aliphatic hydroxyl groups is 11. The van der Waals surface area contributed by atoms with Gasteiger partial charge in [0.15, 0.2) is 18.9 Å². The summed E-state index contributed by atoms with van der Waals surface area (Å²) in [6.45, 7) is 1.64. The van der Waals surface area contributed by atoms with Gasteiger partial charge in [0, 0.05) is 6.42 Å². The van der Waals surface area contributed by atoms with Crippen LogP contribution in [0.15, 0.2) is 85.1 Å². The number of unbranched alkanes of at least 4 members (excludes halogenated alkanes) is 39. The van der Waals surface area contributed by atoms with Crippen LogP contribution in [0.5, 0.6) is 0 Å².